The Morgan fingerprint density at radius 3 is 2.62 bits per heavy atom. The summed E-state index contributed by atoms with van der Waals surface area (Å²) in [7, 11) is 0. The molecular weight excluding hydrogens is 214 g/mol. The van der Waals surface area contributed by atoms with E-state index >= 15 is 0 Å². The molecule has 1 amide bonds. The number of benzene rings is 1. The second-order valence-corrected chi connectivity index (χ2v) is 3.42. The number of carbonyl (C=O) groups excluding carboxylic acids is 1. The van der Waals surface area contributed by atoms with Gasteiger partial charge in [0.25, 0.3) is 0 Å². The summed E-state index contributed by atoms with van der Waals surface area (Å²) in [6.07, 6.45) is 0. The predicted molar refractivity (Wildman–Crippen MR) is 54.5 cm³/mol. The summed E-state index contributed by atoms with van der Waals surface area (Å²) in [5.74, 6) is -2.91. The fourth-order valence-corrected chi connectivity index (χ4v) is 1.04. The van der Waals surface area contributed by atoms with Crippen LogP contribution in [0.3, 0.4) is 0 Å². The van der Waals surface area contributed by atoms with E-state index in [1.54, 1.807) is 6.07 Å². The summed E-state index contributed by atoms with van der Waals surface area (Å²) in [6.45, 7) is 2.79. The van der Waals surface area contributed by atoms with E-state index in [2.05, 4.69) is 5.32 Å². The third-order valence-electron chi connectivity index (χ3n) is 2.09. The second-order valence-electron chi connectivity index (χ2n) is 3.42. The quantitative estimate of drug-likeness (QED) is 0.838. The standard InChI is InChI=1S/C11H10F2N2O/c1-6-3-9(13)10(4-8(6)12)15-11(16)7(2)5-14/h3-4,7H,1-2H3,(H,15,16). The summed E-state index contributed by atoms with van der Waals surface area (Å²) in [4.78, 5) is 11.3. The van der Waals surface area contributed by atoms with Crippen molar-refractivity contribution in [3.63, 3.8) is 0 Å². The van der Waals surface area contributed by atoms with Crippen molar-refractivity contribution in [2.45, 2.75) is 13.8 Å². The van der Waals surface area contributed by atoms with Gasteiger partial charge in [0.2, 0.25) is 5.91 Å². The van der Waals surface area contributed by atoms with Gasteiger partial charge in [-0.1, -0.05) is 0 Å². The van der Waals surface area contributed by atoms with Gasteiger partial charge in [0.15, 0.2) is 0 Å². The van der Waals surface area contributed by atoms with Crippen LogP contribution in [-0.4, -0.2) is 5.91 Å². The number of rotatable bonds is 2. The first kappa shape index (κ1) is 12.1. The zero-order chi connectivity index (χ0) is 12.3. The zero-order valence-electron chi connectivity index (χ0n) is 8.84. The molecule has 84 valence electrons. The van der Waals surface area contributed by atoms with E-state index in [0.717, 1.165) is 12.1 Å². The first-order chi connectivity index (χ1) is 7.45. The van der Waals surface area contributed by atoms with E-state index in [0.29, 0.717) is 0 Å². The highest BCUT2D eigenvalue weighted by molar-refractivity contribution is 5.93. The van der Waals surface area contributed by atoms with Crippen LogP contribution in [0.1, 0.15) is 12.5 Å². The molecule has 0 saturated carbocycles. The van der Waals surface area contributed by atoms with Crippen LogP contribution in [0.4, 0.5) is 14.5 Å². The minimum atomic E-state index is -0.913. The van der Waals surface area contributed by atoms with Crippen LogP contribution in [0.15, 0.2) is 12.1 Å². The Kier molecular flexibility index (Phi) is 3.56. The highest BCUT2D eigenvalue weighted by Gasteiger charge is 2.15. The van der Waals surface area contributed by atoms with E-state index in [1.165, 1.54) is 13.8 Å². The van der Waals surface area contributed by atoms with E-state index < -0.39 is 23.5 Å². The van der Waals surface area contributed by atoms with Gasteiger partial charge >= 0.3 is 0 Å². The van der Waals surface area contributed by atoms with Crippen LogP contribution in [0, 0.1) is 35.8 Å². The Morgan fingerprint density at radius 2 is 2.06 bits per heavy atom. The van der Waals surface area contributed by atoms with Gasteiger partial charge in [0.1, 0.15) is 17.6 Å². The van der Waals surface area contributed by atoms with Gasteiger partial charge in [-0.3, -0.25) is 4.79 Å². The average molecular weight is 224 g/mol. The third kappa shape index (κ3) is 2.54. The number of halogens is 2. The van der Waals surface area contributed by atoms with Crippen molar-refractivity contribution < 1.29 is 13.6 Å². The number of nitrogens with zero attached hydrogens (tertiary/aromatic N) is 1. The molecule has 0 spiro atoms. The number of amides is 1. The lowest BCUT2D eigenvalue weighted by atomic mass is 10.1. The summed E-state index contributed by atoms with van der Waals surface area (Å²) >= 11 is 0. The molecule has 0 fully saturated rings. The number of hydrogen-bond donors (Lipinski definition) is 1. The van der Waals surface area contributed by atoms with E-state index in [-0.39, 0.29) is 11.3 Å². The van der Waals surface area contributed by atoms with Crippen molar-refractivity contribution in [3.8, 4) is 6.07 Å². The lowest BCUT2D eigenvalue weighted by Gasteiger charge is -2.08. The fraction of sp³-hybridized carbons (Fsp3) is 0.273. The lowest BCUT2D eigenvalue weighted by Crippen LogP contribution is -2.19. The highest BCUT2D eigenvalue weighted by Crippen LogP contribution is 2.19. The summed E-state index contributed by atoms with van der Waals surface area (Å²) in [5.41, 5.74) is -0.0981. The first-order valence-electron chi connectivity index (χ1n) is 4.62. The van der Waals surface area contributed by atoms with Crippen LogP contribution < -0.4 is 5.32 Å². The van der Waals surface area contributed by atoms with Crippen LogP contribution in [0.5, 0.6) is 0 Å². The number of carbonyl (C=O) groups is 1. The van der Waals surface area contributed by atoms with Crippen LogP contribution in [-0.2, 0) is 4.79 Å². The van der Waals surface area contributed by atoms with Gasteiger partial charge in [-0.2, -0.15) is 5.26 Å². The lowest BCUT2D eigenvalue weighted by molar-refractivity contribution is -0.117. The summed E-state index contributed by atoms with van der Waals surface area (Å²) in [6, 6.07) is 3.59. The van der Waals surface area contributed by atoms with Gasteiger partial charge in [0.05, 0.1) is 11.8 Å². The number of nitriles is 1. The fourth-order valence-electron chi connectivity index (χ4n) is 1.04. The molecule has 0 aliphatic heterocycles. The molecule has 0 radical (unpaired) electrons. The topological polar surface area (TPSA) is 52.9 Å². The molecule has 1 atom stereocenters. The Bertz CT molecular complexity index is 466. The smallest absolute Gasteiger partial charge is 0.241 e. The molecule has 0 bridgehead atoms. The van der Waals surface area contributed by atoms with E-state index in [9.17, 15) is 13.6 Å². The molecule has 0 aliphatic carbocycles. The van der Waals surface area contributed by atoms with Crippen molar-refractivity contribution in [1.29, 1.82) is 5.26 Å². The van der Waals surface area contributed by atoms with Crippen LogP contribution in [0.2, 0.25) is 0 Å². The first-order valence-corrected chi connectivity index (χ1v) is 4.62. The minimum absolute atomic E-state index is 0.156. The monoisotopic (exact) mass is 224 g/mol. The summed E-state index contributed by atoms with van der Waals surface area (Å²) < 4.78 is 26.4. The van der Waals surface area contributed by atoms with Crippen molar-refractivity contribution in [3.05, 3.63) is 29.3 Å². The predicted octanol–water partition coefficient (Wildman–Crippen LogP) is 2.37. The number of hydrogen-bond acceptors (Lipinski definition) is 2. The molecular formula is C11H10F2N2O. The largest absolute Gasteiger partial charge is 0.322 e. The Morgan fingerprint density at radius 1 is 1.44 bits per heavy atom. The van der Waals surface area contributed by atoms with Crippen LogP contribution >= 0.6 is 0 Å². The molecule has 5 heteroatoms. The normalized spacial score (nSPS) is 11.7. The van der Waals surface area contributed by atoms with Gasteiger partial charge in [-0.05, 0) is 25.5 Å². The van der Waals surface area contributed by atoms with Crippen molar-refractivity contribution in [2.75, 3.05) is 5.32 Å². The molecule has 1 aromatic carbocycles. The van der Waals surface area contributed by atoms with Crippen molar-refractivity contribution in [2.24, 2.45) is 5.92 Å². The molecule has 0 saturated heterocycles. The molecule has 1 aromatic rings. The van der Waals surface area contributed by atoms with E-state index in [4.69, 9.17) is 5.26 Å². The highest BCUT2D eigenvalue weighted by atomic mass is 19.1. The molecule has 3 nitrogen and oxygen atoms in total. The van der Waals surface area contributed by atoms with Gasteiger partial charge in [0, 0.05) is 6.07 Å². The van der Waals surface area contributed by atoms with Gasteiger partial charge in [-0.15, -0.1) is 0 Å². The van der Waals surface area contributed by atoms with Gasteiger partial charge < -0.3 is 5.32 Å². The number of aryl methyl sites for hydroxylation is 1. The Hall–Kier alpha value is -1.96. The summed E-state index contributed by atoms with van der Waals surface area (Å²) in [5, 5.41) is 10.6. The molecule has 16 heavy (non-hydrogen) atoms. The molecule has 1 N–H and O–H groups in total. The Labute approximate surface area is 91.7 Å². The zero-order valence-corrected chi connectivity index (χ0v) is 8.84. The van der Waals surface area contributed by atoms with Crippen molar-refractivity contribution in [1.82, 2.24) is 0 Å². The van der Waals surface area contributed by atoms with Crippen molar-refractivity contribution >= 4 is 11.6 Å². The average Bonchev–Trinajstić information content (AvgIpc) is 2.24. The number of nitrogens with one attached hydrogen (secondary N) is 1. The number of anilines is 1. The molecule has 0 aliphatic rings. The second kappa shape index (κ2) is 4.71. The van der Waals surface area contributed by atoms with Gasteiger partial charge in [-0.25, -0.2) is 8.78 Å². The maximum Gasteiger partial charge on any atom is 0.241 e. The molecule has 0 heterocycles. The maximum absolute atomic E-state index is 13.3. The van der Waals surface area contributed by atoms with E-state index in [1.807, 2.05) is 0 Å². The molecule has 0 aromatic heterocycles. The molecule has 1 rings (SSSR count). The SMILES string of the molecule is Cc1cc(F)c(NC(=O)C(C)C#N)cc1F. The Balaban J connectivity index is 2.95. The van der Waals surface area contributed by atoms with Crippen LogP contribution in [0.25, 0.3) is 0 Å². The third-order valence-corrected chi connectivity index (χ3v) is 2.09. The maximum atomic E-state index is 13.3. The minimum Gasteiger partial charge on any atom is -0.322 e. The molecule has 1 unspecified atom stereocenters.